The van der Waals surface area contributed by atoms with E-state index in [1.54, 1.807) is 0 Å². The first kappa shape index (κ1) is 14.4. The second kappa shape index (κ2) is 5.17. The summed E-state index contributed by atoms with van der Waals surface area (Å²) in [5, 5.41) is 8.78. The summed E-state index contributed by atoms with van der Waals surface area (Å²) in [4.78, 5) is 10.8. The number of carboxylic acid groups (broad SMARTS) is 1. The number of hydrogen-bond donors (Lipinski definition) is 1. The topological polar surface area (TPSA) is 37.3 Å². The van der Waals surface area contributed by atoms with E-state index >= 15 is 0 Å². The monoisotopic (exact) mass is 300 g/mol. The van der Waals surface area contributed by atoms with E-state index in [1.165, 1.54) is 30.3 Å². The van der Waals surface area contributed by atoms with Crippen LogP contribution in [0.2, 0.25) is 5.02 Å². The molecule has 0 fully saturated rings. The Hall–Kier alpha value is -2.01. The van der Waals surface area contributed by atoms with Crippen LogP contribution in [0.3, 0.4) is 0 Å². The normalized spacial score (nSPS) is 11.4. The molecule has 0 saturated heterocycles. The summed E-state index contributed by atoms with van der Waals surface area (Å²) in [6, 6.07) is 8.62. The van der Waals surface area contributed by atoms with Crippen molar-refractivity contribution in [3.8, 4) is 11.1 Å². The van der Waals surface area contributed by atoms with Crippen LogP contribution in [0.25, 0.3) is 11.1 Å². The molecule has 2 aromatic carbocycles. The molecule has 20 heavy (non-hydrogen) atoms. The lowest BCUT2D eigenvalue weighted by Gasteiger charge is -2.14. The van der Waals surface area contributed by atoms with E-state index < -0.39 is 17.7 Å². The maximum Gasteiger partial charge on any atom is 0.417 e. The number of carboxylic acids is 1. The van der Waals surface area contributed by atoms with E-state index in [0.29, 0.717) is 0 Å². The zero-order valence-corrected chi connectivity index (χ0v) is 10.7. The Morgan fingerprint density at radius 2 is 1.70 bits per heavy atom. The average Bonchev–Trinajstić information content (AvgIpc) is 2.37. The van der Waals surface area contributed by atoms with Crippen molar-refractivity contribution >= 4 is 17.6 Å². The van der Waals surface area contributed by atoms with Gasteiger partial charge in [-0.15, -0.1) is 0 Å². The minimum Gasteiger partial charge on any atom is -0.478 e. The molecule has 0 aliphatic heterocycles. The fourth-order valence-electron chi connectivity index (χ4n) is 1.83. The van der Waals surface area contributed by atoms with Crippen molar-refractivity contribution in [3.63, 3.8) is 0 Å². The van der Waals surface area contributed by atoms with Crippen molar-refractivity contribution in [2.75, 3.05) is 0 Å². The van der Waals surface area contributed by atoms with Gasteiger partial charge in [-0.25, -0.2) is 4.79 Å². The number of aromatic carboxylic acids is 1. The van der Waals surface area contributed by atoms with Crippen LogP contribution in [0, 0.1) is 0 Å². The van der Waals surface area contributed by atoms with Crippen LogP contribution in [0.5, 0.6) is 0 Å². The third kappa shape index (κ3) is 2.77. The van der Waals surface area contributed by atoms with Crippen LogP contribution in [0.4, 0.5) is 13.2 Å². The molecule has 0 aliphatic rings. The van der Waals surface area contributed by atoms with Crippen molar-refractivity contribution in [2.45, 2.75) is 6.18 Å². The molecule has 0 radical (unpaired) electrons. The molecule has 0 bridgehead atoms. The Kier molecular flexibility index (Phi) is 3.72. The largest absolute Gasteiger partial charge is 0.478 e. The second-order valence-corrected chi connectivity index (χ2v) is 4.45. The van der Waals surface area contributed by atoms with Gasteiger partial charge in [0.2, 0.25) is 0 Å². The average molecular weight is 301 g/mol. The number of alkyl halides is 3. The van der Waals surface area contributed by atoms with Crippen LogP contribution < -0.4 is 0 Å². The lowest BCUT2D eigenvalue weighted by atomic mass is 9.98. The molecule has 0 heterocycles. The molecular weight excluding hydrogens is 293 g/mol. The highest BCUT2D eigenvalue weighted by molar-refractivity contribution is 6.33. The highest BCUT2D eigenvalue weighted by Gasteiger charge is 2.33. The minimum absolute atomic E-state index is 0.0402. The number of hydrogen-bond acceptors (Lipinski definition) is 1. The highest BCUT2D eigenvalue weighted by atomic mass is 35.5. The van der Waals surface area contributed by atoms with Crippen molar-refractivity contribution in [3.05, 3.63) is 58.6 Å². The van der Waals surface area contributed by atoms with E-state index in [9.17, 15) is 18.0 Å². The van der Waals surface area contributed by atoms with Gasteiger partial charge in [-0.3, -0.25) is 0 Å². The summed E-state index contributed by atoms with van der Waals surface area (Å²) in [6.45, 7) is 0. The first-order chi connectivity index (χ1) is 9.30. The molecule has 0 spiro atoms. The van der Waals surface area contributed by atoms with E-state index in [1.807, 2.05) is 0 Å². The third-order valence-corrected chi connectivity index (χ3v) is 3.05. The van der Waals surface area contributed by atoms with Gasteiger partial charge in [0.15, 0.2) is 0 Å². The standard InChI is InChI=1S/C14H8ClF3O2/c15-12-7-8(13(19)20)5-6-10(12)9-3-1-2-4-11(9)14(16,17)18/h1-7H,(H,19,20). The molecule has 0 unspecified atom stereocenters. The Bertz CT molecular complexity index is 666. The van der Waals surface area contributed by atoms with Gasteiger partial charge in [0.25, 0.3) is 0 Å². The number of halogens is 4. The molecule has 0 aliphatic carbocycles. The molecule has 2 nitrogen and oxygen atoms in total. The lowest BCUT2D eigenvalue weighted by molar-refractivity contribution is -0.137. The van der Waals surface area contributed by atoms with E-state index in [2.05, 4.69) is 0 Å². The summed E-state index contributed by atoms with van der Waals surface area (Å²) in [6.07, 6.45) is -4.51. The molecule has 6 heteroatoms. The van der Waals surface area contributed by atoms with Crippen molar-refractivity contribution in [1.82, 2.24) is 0 Å². The third-order valence-electron chi connectivity index (χ3n) is 2.74. The highest BCUT2D eigenvalue weighted by Crippen LogP contribution is 2.39. The second-order valence-electron chi connectivity index (χ2n) is 4.04. The first-order valence-corrected chi connectivity index (χ1v) is 5.88. The quantitative estimate of drug-likeness (QED) is 0.871. The Morgan fingerprint density at radius 3 is 2.25 bits per heavy atom. The predicted octanol–water partition coefficient (Wildman–Crippen LogP) is 4.72. The SMILES string of the molecule is O=C(O)c1ccc(-c2ccccc2C(F)(F)F)c(Cl)c1. The fraction of sp³-hybridized carbons (Fsp3) is 0.0714. The molecule has 1 N–H and O–H groups in total. The van der Waals surface area contributed by atoms with Gasteiger partial charge in [-0.2, -0.15) is 13.2 Å². The molecule has 2 rings (SSSR count). The van der Waals surface area contributed by atoms with Crippen LogP contribution in [-0.2, 0) is 6.18 Å². The summed E-state index contributed by atoms with van der Waals surface area (Å²) >= 11 is 5.90. The minimum atomic E-state index is -4.51. The summed E-state index contributed by atoms with van der Waals surface area (Å²) < 4.78 is 38.8. The van der Waals surface area contributed by atoms with Gasteiger partial charge in [0.05, 0.1) is 11.1 Å². The van der Waals surface area contributed by atoms with Gasteiger partial charge in [0, 0.05) is 10.6 Å². The maximum absolute atomic E-state index is 12.9. The number of benzene rings is 2. The molecule has 2 aromatic rings. The van der Waals surface area contributed by atoms with Gasteiger partial charge in [0.1, 0.15) is 0 Å². The van der Waals surface area contributed by atoms with Crippen LogP contribution in [-0.4, -0.2) is 11.1 Å². The Morgan fingerprint density at radius 1 is 1.05 bits per heavy atom. The smallest absolute Gasteiger partial charge is 0.417 e. The summed E-state index contributed by atoms with van der Waals surface area (Å²) in [7, 11) is 0. The number of rotatable bonds is 2. The van der Waals surface area contributed by atoms with Crippen molar-refractivity contribution in [2.24, 2.45) is 0 Å². The van der Waals surface area contributed by atoms with E-state index in [0.717, 1.165) is 12.1 Å². The maximum atomic E-state index is 12.9. The van der Waals surface area contributed by atoms with Gasteiger partial charge >= 0.3 is 12.1 Å². The molecular formula is C14H8ClF3O2. The van der Waals surface area contributed by atoms with Crippen molar-refractivity contribution in [1.29, 1.82) is 0 Å². The zero-order chi connectivity index (χ0) is 14.9. The Labute approximate surface area is 117 Å². The number of carbonyl (C=O) groups is 1. The van der Waals surface area contributed by atoms with Gasteiger partial charge < -0.3 is 5.11 Å². The molecule has 0 aromatic heterocycles. The summed E-state index contributed by atoms with van der Waals surface area (Å²) in [5.41, 5.74) is -0.834. The lowest BCUT2D eigenvalue weighted by Crippen LogP contribution is -2.07. The van der Waals surface area contributed by atoms with E-state index in [4.69, 9.17) is 16.7 Å². The van der Waals surface area contributed by atoms with Gasteiger partial charge in [-0.05, 0) is 23.8 Å². The summed E-state index contributed by atoms with van der Waals surface area (Å²) in [5.74, 6) is -1.19. The fourth-order valence-corrected chi connectivity index (χ4v) is 2.11. The first-order valence-electron chi connectivity index (χ1n) is 5.50. The molecule has 0 saturated carbocycles. The molecule has 0 atom stereocenters. The van der Waals surface area contributed by atoms with Gasteiger partial charge in [-0.1, -0.05) is 35.9 Å². The van der Waals surface area contributed by atoms with Crippen molar-refractivity contribution < 1.29 is 23.1 Å². The van der Waals surface area contributed by atoms with E-state index in [-0.39, 0.29) is 21.7 Å². The van der Waals surface area contributed by atoms with Crippen LogP contribution >= 0.6 is 11.6 Å². The predicted molar refractivity (Wildman–Crippen MR) is 68.8 cm³/mol. The van der Waals surface area contributed by atoms with Crippen LogP contribution in [0.15, 0.2) is 42.5 Å². The van der Waals surface area contributed by atoms with Crippen LogP contribution in [0.1, 0.15) is 15.9 Å². The molecule has 0 amide bonds. The molecule has 104 valence electrons. The Balaban J connectivity index is 2.61. The zero-order valence-electron chi connectivity index (χ0n) is 9.91.